The number of nitrogens with zero attached hydrogens (tertiary/aromatic N) is 5. The van der Waals surface area contributed by atoms with Crippen LogP contribution in [0.25, 0.3) is 0 Å². The van der Waals surface area contributed by atoms with Crippen molar-refractivity contribution in [2.45, 2.75) is 45.4 Å². The number of carbonyl (C=O) groups is 1. The van der Waals surface area contributed by atoms with Crippen molar-refractivity contribution in [1.29, 1.82) is 0 Å². The van der Waals surface area contributed by atoms with Gasteiger partial charge in [0.05, 0.1) is 12.2 Å². The molecule has 0 N–H and O–H groups in total. The van der Waals surface area contributed by atoms with E-state index in [2.05, 4.69) is 20.9 Å². The third-order valence-corrected chi connectivity index (χ3v) is 5.46. The van der Waals surface area contributed by atoms with Crippen molar-refractivity contribution in [2.75, 3.05) is 51.2 Å². The van der Waals surface area contributed by atoms with Gasteiger partial charge in [-0.05, 0) is 46.1 Å². The van der Waals surface area contributed by atoms with Crippen molar-refractivity contribution in [2.24, 2.45) is 0 Å². The van der Waals surface area contributed by atoms with Gasteiger partial charge < -0.3 is 9.80 Å². The molecule has 2 aliphatic heterocycles. The monoisotopic (exact) mass is 345 g/mol. The Morgan fingerprint density at radius 1 is 1.24 bits per heavy atom. The third kappa shape index (κ3) is 4.48. The van der Waals surface area contributed by atoms with E-state index < -0.39 is 0 Å². The van der Waals surface area contributed by atoms with Gasteiger partial charge in [0.2, 0.25) is 5.91 Å². The van der Waals surface area contributed by atoms with E-state index in [1.807, 2.05) is 20.9 Å². The van der Waals surface area contributed by atoms with Crippen LogP contribution in [0.5, 0.6) is 0 Å². The maximum absolute atomic E-state index is 12.2. The Labute approximate surface area is 151 Å². The molecule has 3 rings (SSSR count). The summed E-state index contributed by atoms with van der Waals surface area (Å²) < 4.78 is 0. The van der Waals surface area contributed by atoms with E-state index in [-0.39, 0.29) is 5.91 Å². The number of piperidine rings is 1. The lowest BCUT2D eigenvalue weighted by Crippen LogP contribution is -2.42. The minimum atomic E-state index is 0.208. The summed E-state index contributed by atoms with van der Waals surface area (Å²) in [5.74, 6) is 2.55. The fraction of sp³-hybridized carbons (Fsp3) is 0.737. The maximum Gasteiger partial charge on any atom is 0.236 e. The molecule has 1 atom stereocenters. The molecule has 0 spiro atoms. The van der Waals surface area contributed by atoms with Crippen LogP contribution >= 0.6 is 0 Å². The van der Waals surface area contributed by atoms with E-state index in [4.69, 9.17) is 4.98 Å². The lowest BCUT2D eigenvalue weighted by atomic mass is 9.94. The number of aryl methyl sites for hydroxylation is 1. The molecule has 2 saturated heterocycles. The normalized spacial score (nSPS) is 21.6. The number of rotatable bonds is 5. The second kappa shape index (κ2) is 8.13. The lowest BCUT2D eigenvalue weighted by Gasteiger charge is -2.33. The minimum Gasteiger partial charge on any atom is -0.357 e. The molecule has 0 unspecified atom stereocenters. The Hall–Kier alpha value is -1.69. The van der Waals surface area contributed by atoms with Crippen molar-refractivity contribution in [3.05, 3.63) is 17.6 Å². The predicted octanol–water partition coefficient (Wildman–Crippen LogP) is 2.04. The van der Waals surface area contributed by atoms with E-state index in [1.165, 1.54) is 12.8 Å². The summed E-state index contributed by atoms with van der Waals surface area (Å²) in [6.07, 6.45) is 4.77. The number of anilines is 1. The molecule has 6 nitrogen and oxygen atoms in total. The summed E-state index contributed by atoms with van der Waals surface area (Å²) in [6, 6.07) is 2.19. The van der Waals surface area contributed by atoms with Crippen LogP contribution in [0.3, 0.4) is 0 Å². The van der Waals surface area contributed by atoms with E-state index in [0.29, 0.717) is 12.5 Å². The van der Waals surface area contributed by atoms with Crippen molar-refractivity contribution in [3.8, 4) is 0 Å². The molecule has 6 heteroatoms. The van der Waals surface area contributed by atoms with Crippen molar-refractivity contribution >= 4 is 11.7 Å². The van der Waals surface area contributed by atoms with Gasteiger partial charge in [0.1, 0.15) is 11.6 Å². The van der Waals surface area contributed by atoms with Crippen LogP contribution in [0, 0.1) is 6.92 Å². The molecule has 2 fully saturated rings. The molecule has 138 valence electrons. The number of likely N-dealkylation sites (tertiary alicyclic amines) is 1. The molecule has 3 heterocycles. The molecular formula is C19H31N5O. The molecule has 0 radical (unpaired) electrons. The number of amides is 1. The highest BCUT2D eigenvalue weighted by Gasteiger charge is 2.26. The maximum atomic E-state index is 12.2. The average molecular weight is 345 g/mol. The second-order valence-corrected chi connectivity index (χ2v) is 7.37. The zero-order valence-electron chi connectivity index (χ0n) is 15.9. The largest absolute Gasteiger partial charge is 0.357 e. The molecule has 1 amide bonds. The van der Waals surface area contributed by atoms with Crippen molar-refractivity contribution in [3.63, 3.8) is 0 Å². The Morgan fingerprint density at radius 2 is 2.00 bits per heavy atom. The summed E-state index contributed by atoms with van der Waals surface area (Å²) >= 11 is 0. The van der Waals surface area contributed by atoms with Crippen LogP contribution in [0.15, 0.2) is 6.07 Å². The van der Waals surface area contributed by atoms with Gasteiger partial charge in [-0.2, -0.15) is 0 Å². The Balaban J connectivity index is 1.69. The zero-order chi connectivity index (χ0) is 17.8. The van der Waals surface area contributed by atoms with Crippen LogP contribution in [0.4, 0.5) is 5.82 Å². The van der Waals surface area contributed by atoms with Gasteiger partial charge in [-0.15, -0.1) is 0 Å². The molecule has 0 aliphatic carbocycles. The number of carbonyl (C=O) groups excluding carboxylic acids is 1. The van der Waals surface area contributed by atoms with Crippen LogP contribution in [-0.2, 0) is 4.79 Å². The standard InChI is InChI=1S/C19H31N5O/c1-4-22(3)19(25)14-23-9-7-8-16(13-23)17-12-18(21-15(2)20-17)24-10-5-6-11-24/h12,16H,4-11,13-14H2,1-3H3/t16-/m1/s1. The van der Waals surface area contributed by atoms with Crippen LogP contribution in [-0.4, -0.2) is 72.0 Å². The Kier molecular flexibility index (Phi) is 5.89. The molecule has 1 aromatic heterocycles. The molecule has 1 aromatic rings. The highest BCUT2D eigenvalue weighted by Crippen LogP contribution is 2.28. The lowest BCUT2D eigenvalue weighted by molar-refractivity contribution is -0.131. The van der Waals surface area contributed by atoms with E-state index in [1.54, 1.807) is 4.90 Å². The topological polar surface area (TPSA) is 52.6 Å². The number of hydrogen-bond acceptors (Lipinski definition) is 5. The van der Waals surface area contributed by atoms with Crippen molar-refractivity contribution in [1.82, 2.24) is 19.8 Å². The van der Waals surface area contributed by atoms with E-state index in [9.17, 15) is 4.79 Å². The summed E-state index contributed by atoms with van der Waals surface area (Å²) in [6.45, 7) is 9.41. The summed E-state index contributed by atoms with van der Waals surface area (Å²) in [7, 11) is 1.87. The smallest absolute Gasteiger partial charge is 0.236 e. The molecule has 0 aromatic carbocycles. The highest BCUT2D eigenvalue weighted by atomic mass is 16.2. The molecule has 25 heavy (non-hydrogen) atoms. The summed E-state index contributed by atoms with van der Waals surface area (Å²) in [4.78, 5) is 28.1. The number of aromatic nitrogens is 2. The summed E-state index contributed by atoms with van der Waals surface area (Å²) in [5.41, 5.74) is 1.15. The van der Waals surface area contributed by atoms with Gasteiger partial charge in [-0.3, -0.25) is 9.69 Å². The highest BCUT2D eigenvalue weighted by molar-refractivity contribution is 5.77. The Bertz CT molecular complexity index is 599. The summed E-state index contributed by atoms with van der Waals surface area (Å²) in [5, 5.41) is 0. The SMILES string of the molecule is CCN(C)C(=O)CN1CCC[C@@H](c2cc(N3CCCC3)nc(C)n2)C1. The minimum absolute atomic E-state index is 0.208. The van der Waals surface area contributed by atoms with Gasteiger partial charge in [-0.1, -0.05) is 0 Å². The van der Waals surface area contributed by atoms with Gasteiger partial charge >= 0.3 is 0 Å². The first-order valence-corrected chi connectivity index (χ1v) is 9.63. The predicted molar refractivity (Wildman–Crippen MR) is 99.9 cm³/mol. The van der Waals surface area contributed by atoms with E-state index >= 15 is 0 Å². The van der Waals surface area contributed by atoms with Crippen molar-refractivity contribution < 1.29 is 4.79 Å². The van der Waals surface area contributed by atoms with Crippen LogP contribution in [0.2, 0.25) is 0 Å². The van der Waals surface area contributed by atoms with E-state index in [0.717, 1.165) is 62.9 Å². The first-order chi connectivity index (χ1) is 12.1. The first-order valence-electron chi connectivity index (χ1n) is 9.63. The first kappa shape index (κ1) is 18.1. The van der Waals surface area contributed by atoms with Crippen LogP contribution in [0.1, 0.15) is 50.0 Å². The molecule has 0 saturated carbocycles. The number of hydrogen-bond donors (Lipinski definition) is 0. The zero-order valence-corrected chi connectivity index (χ0v) is 15.9. The molecular weight excluding hydrogens is 314 g/mol. The fourth-order valence-electron chi connectivity index (χ4n) is 3.82. The number of likely N-dealkylation sites (N-methyl/N-ethyl adjacent to an activating group) is 1. The van der Waals surface area contributed by atoms with Gasteiger partial charge in [0.25, 0.3) is 0 Å². The quantitative estimate of drug-likeness (QED) is 0.817. The third-order valence-electron chi connectivity index (χ3n) is 5.46. The molecule has 0 bridgehead atoms. The van der Waals surface area contributed by atoms with Crippen LogP contribution < -0.4 is 4.90 Å². The second-order valence-electron chi connectivity index (χ2n) is 7.37. The molecule has 2 aliphatic rings. The fourth-order valence-corrected chi connectivity index (χ4v) is 3.82. The average Bonchev–Trinajstić information content (AvgIpc) is 3.15. The van der Waals surface area contributed by atoms with Gasteiger partial charge in [0.15, 0.2) is 0 Å². The Morgan fingerprint density at radius 3 is 2.72 bits per heavy atom. The van der Waals surface area contributed by atoms with Gasteiger partial charge in [-0.25, -0.2) is 9.97 Å². The van der Waals surface area contributed by atoms with Gasteiger partial charge in [0, 0.05) is 45.2 Å².